The molecule has 1 heterocycles. The molecule has 96 valence electrons. The Bertz CT molecular complexity index is 533. The Kier molecular flexibility index (Phi) is 3.31. The molecule has 0 bridgehead atoms. The fraction of sp³-hybridized carbons (Fsp3) is 0.364. The summed E-state index contributed by atoms with van der Waals surface area (Å²) in [4.78, 5) is 26.1. The van der Waals surface area contributed by atoms with Crippen LogP contribution in [0.15, 0.2) is 28.4 Å². The maximum Gasteiger partial charge on any atom is 0.257 e. The second-order valence-corrected chi connectivity index (χ2v) is 4.24. The van der Waals surface area contributed by atoms with Crippen LogP contribution in [0.2, 0.25) is 0 Å². The van der Waals surface area contributed by atoms with Gasteiger partial charge in [-0.3, -0.25) is 9.59 Å². The van der Waals surface area contributed by atoms with E-state index in [0.29, 0.717) is 0 Å². The van der Waals surface area contributed by atoms with Crippen LogP contribution in [-0.2, 0) is 0 Å². The third kappa shape index (κ3) is 2.50. The second kappa shape index (κ2) is 4.91. The van der Waals surface area contributed by atoms with Gasteiger partial charge in [-0.25, -0.2) is 0 Å². The molecule has 1 atom stereocenters. The lowest BCUT2D eigenvalue weighted by atomic mass is 10.1. The maximum absolute atomic E-state index is 11.9. The summed E-state index contributed by atoms with van der Waals surface area (Å²) in [5, 5.41) is 14.2. The zero-order chi connectivity index (χ0) is 13.1. The minimum Gasteiger partial charge on any atom is -0.409 e. The molecule has 1 aliphatic carbocycles. The van der Waals surface area contributed by atoms with Gasteiger partial charge in [-0.15, -0.1) is 0 Å². The van der Waals surface area contributed by atoms with E-state index in [-0.39, 0.29) is 22.7 Å². The summed E-state index contributed by atoms with van der Waals surface area (Å²) in [5.41, 5.74) is 5.16. The highest BCUT2D eigenvalue weighted by Crippen LogP contribution is 2.32. The number of oxime groups is 1. The van der Waals surface area contributed by atoms with Gasteiger partial charge in [-0.1, -0.05) is 5.16 Å². The van der Waals surface area contributed by atoms with Crippen molar-refractivity contribution in [3.8, 4) is 0 Å². The van der Waals surface area contributed by atoms with Crippen molar-refractivity contribution < 1.29 is 10.0 Å². The van der Waals surface area contributed by atoms with Gasteiger partial charge in [0.1, 0.15) is 5.56 Å². The van der Waals surface area contributed by atoms with Crippen LogP contribution < -0.4 is 16.5 Å². The Morgan fingerprint density at radius 2 is 2.33 bits per heavy atom. The molecule has 0 aromatic carbocycles. The minimum atomic E-state index is -0.527. The quantitative estimate of drug-likeness (QED) is 0.252. The molecule has 0 radical (unpaired) electrons. The van der Waals surface area contributed by atoms with Crippen molar-refractivity contribution in [3.63, 3.8) is 0 Å². The Hall–Kier alpha value is -2.31. The molecule has 0 saturated heterocycles. The number of aromatic nitrogens is 1. The molecule has 5 N–H and O–H groups in total. The lowest BCUT2D eigenvalue weighted by molar-refractivity contribution is 0.0941. The normalized spacial score (nSPS) is 17.2. The maximum atomic E-state index is 11.9. The number of rotatable bonds is 4. The van der Waals surface area contributed by atoms with Gasteiger partial charge < -0.3 is 21.2 Å². The van der Waals surface area contributed by atoms with Crippen molar-refractivity contribution in [3.05, 3.63) is 34.2 Å². The molecule has 1 unspecified atom stereocenters. The second-order valence-electron chi connectivity index (χ2n) is 4.24. The lowest BCUT2D eigenvalue weighted by Gasteiger charge is -2.16. The lowest BCUT2D eigenvalue weighted by Crippen LogP contribution is -2.47. The van der Waals surface area contributed by atoms with Crippen LogP contribution in [-0.4, -0.2) is 28.0 Å². The zero-order valence-corrected chi connectivity index (χ0v) is 9.59. The van der Waals surface area contributed by atoms with Crippen LogP contribution in [0, 0.1) is 5.92 Å². The van der Waals surface area contributed by atoms with Crippen LogP contribution in [0.4, 0.5) is 0 Å². The van der Waals surface area contributed by atoms with E-state index in [1.165, 1.54) is 18.5 Å². The highest BCUT2D eigenvalue weighted by Gasteiger charge is 2.35. The van der Waals surface area contributed by atoms with E-state index in [1.807, 2.05) is 0 Å². The molecule has 1 saturated carbocycles. The fourth-order valence-corrected chi connectivity index (χ4v) is 1.74. The van der Waals surface area contributed by atoms with Gasteiger partial charge in [0.2, 0.25) is 0 Å². The van der Waals surface area contributed by atoms with Gasteiger partial charge in [-0.2, -0.15) is 0 Å². The molecule has 2 rings (SSSR count). The first-order chi connectivity index (χ1) is 8.63. The van der Waals surface area contributed by atoms with E-state index in [2.05, 4.69) is 15.5 Å². The number of aromatic amines is 1. The predicted octanol–water partition coefficient (Wildman–Crippen LogP) is -0.370. The van der Waals surface area contributed by atoms with Gasteiger partial charge in [0.25, 0.3) is 5.91 Å². The molecule has 7 nitrogen and oxygen atoms in total. The highest BCUT2D eigenvalue weighted by molar-refractivity contribution is 5.98. The standard InChI is InChI=1S/C11H14N4O3/c12-10(15-18)9(6-1-2-6)14-11(17)7-5-13-4-3-8(7)16/h3-6,9,18H,1-2H2,(H2,12,15)(H,13,16)(H,14,17). The molecule has 18 heavy (non-hydrogen) atoms. The van der Waals surface area contributed by atoms with Crippen LogP contribution in [0.5, 0.6) is 0 Å². The third-order valence-corrected chi connectivity index (χ3v) is 2.88. The van der Waals surface area contributed by atoms with Gasteiger partial charge in [0, 0.05) is 18.5 Å². The van der Waals surface area contributed by atoms with Crippen molar-refractivity contribution in [2.75, 3.05) is 0 Å². The van der Waals surface area contributed by atoms with Crippen LogP contribution in [0.3, 0.4) is 0 Å². The van der Waals surface area contributed by atoms with Crippen LogP contribution in [0.1, 0.15) is 23.2 Å². The van der Waals surface area contributed by atoms with Gasteiger partial charge >= 0.3 is 0 Å². The summed E-state index contributed by atoms with van der Waals surface area (Å²) < 4.78 is 0. The Morgan fingerprint density at radius 1 is 1.61 bits per heavy atom. The number of nitrogens with two attached hydrogens (primary N) is 1. The van der Waals surface area contributed by atoms with Gasteiger partial charge in [-0.05, 0) is 18.8 Å². The first-order valence-electron chi connectivity index (χ1n) is 5.59. The number of nitrogens with zero attached hydrogens (tertiary/aromatic N) is 1. The summed E-state index contributed by atoms with van der Waals surface area (Å²) in [5.74, 6) is -0.397. The zero-order valence-electron chi connectivity index (χ0n) is 9.59. The molecule has 1 amide bonds. The molecule has 1 fully saturated rings. The number of carbonyl (C=O) groups excluding carboxylic acids is 1. The van der Waals surface area contributed by atoms with E-state index in [1.54, 1.807) is 0 Å². The molecular formula is C11H14N4O3. The van der Waals surface area contributed by atoms with Crippen molar-refractivity contribution in [1.29, 1.82) is 0 Å². The number of amidine groups is 1. The number of nitrogens with one attached hydrogen (secondary N) is 2. The SMILES string of the molecule is N/C(=N/O)C(NC(=O)c1c[nH]ccc1=O)C1CC1. The van der Waals surface area contributed by atoms with E-state index < -0.39 is 11.9 Å². The van der Waals surface area contributed by atoms with Gasteiger partial charge in [0.15, 0.2) is 11.3 Å². The average molecular weight is 250 g/mol. The number of pyridine rings is 1. The first kappa shape index (κ1) is 12.2. The first-order valence-corrected chi connectivity index (χ1v) is 5.59. The summed E-state index contributed by atoms with van der Waals surface area (Å²) in [6.45, 7) is 0. The van der Waals surface area contributed by atoms with Crippen LogP contribution >= 0.6 is 0 Å². The number of H-pyrrole nitrogens is 1. The number of amides is 1. The monoisotopic (exact) mass is 250 g/mol. The summed E-state index contributed by atoms with van der Waals surface area (Å²) in [6.07, 6.45) is 4.59. The molecule has 0 aliphatic heterocycles. The van der Waals surface area contributed by atoms with E-state index in [9.17, 15) is 9.59 Å². The van der Waals surface area contributed by atoms with E-state index in [4.69, 9.17) is 10.9 Å². The Morgan fingerprint density at radius 3 is 2.89 bits per heavy atom. The molecule has 0 spiro atoms. The number of hydrogen-bond donors (Lipinski definition) is 4. The minimum absolute atomic E-state index is 0.00823. The topological polar surface area (TPSA) is 121 Å². The largest absolute Gasteiger partial charge is 0.409 e. The molecule has 1 aliphatic rings. The highest BCUT2D eigenvalue weighted by atomic mass is 16.4. The van der Waals surface area contributed by atoms with Crippen molar-refractivity contribution >= 4 is 11.7 Å². The fourth-order valence-electron chi connectivity index (χ4n) is 1.74. The Balaban J connectivity index is 2.15. The molecule has 1 aromatic rings. The average Bonchev–Trinajstić information content (AvgIpc) is 3.19. The Labute approximate surface area is 103 Å². The van der Waals surface area contributed by atoms with Gasteiger partial charge in [0.05, 0.1) is 6.04 Å². The van der Waals surface area contributed by atoms with E-state index >= 15 is 0 Å². The predicted molar refractivity (Wildman–Crippen MR) is 64.4 cm³/mol. The van der Waals surface area contributed by atoms with Crippen molar-refractivity contribution in [2.24, 2.45) is 16.8 Å². The summed E-state index contributed by atoms with van der Waals surface area (Å²) >= 11 is 0. The smallest absolute Gasteiger partial charge is 0.257 e. The molecular weight excluding hydrogens is 236 g/mol. The van der Waals surface area contributed by atoms with E-state index in [0.717, 1.165) is 12.8 Å². The van der Waals surface area contributed by atoms with Crippen LogP contribution in [0.25, 0.3) is 0 Å². The molecule has 7 heteroatoms. The number of carbonyl (C=O) groups is 1. The van der Waals surface area contributed by atoms with Crippen molar-refractivity contribution in [1.82, 2.24) is 10.3 Å². The number of hydrogen-bond acceptors (Lipinski definition) is 4. The summed E-state index contributed by atoms with van der Waals surface area (Å²) in [6, 6.07) is 0.743. The van der Waals surface area contributed by atoms with Crippen molar-refractivity contribution in [2.45, 2.75) is 18.9 Å². The molecule has 1 aromatic heterocycles. The third-order valence-electron chi connectivity index (χ3n) is 2.88. The summed E-state index contributed by atoms with van der Waals surface area (Å²) in [7, 11) is 0.